The Kier molecular flexibility index (Phi) is 5.08. The molecule has 2 aromatic rings. The number of hydrogen-bond donors (Lipinski definition) is 1. The van der Waals surface area contributed by atoms with E-state index < -0.39 is 0 Å². The maximum atomic E-state index is 12.5. The van der Waals surface area contributed by atoms with Crippen molar-refractivity contribution in [1.82, 2.24) is 10.1 Å². The van der Waals surface area contributed by atoms with Crippen molar-refractivity contribution in [2.45, 2.75) is 38.1 Å². The van der Waals surface area contributed by atoms with Crippen molar-refractivity contribution in [3.8, 4) is 11.3 Å². The molecule has 1 N–H and O–H groups in total. The molecule has 1 aliphatic heterocycles. The Hall–Kier alpha value is -2.14. The topological polar surface area (TPSA) is 66.6 Å². The van der Waals surface area contributed by atoms with Crippen molar-refractivity contribution in [2.75, 3.05) is 13.2 Å². The van der Waals surface area contributed by atoms with E-state index in [-0.39, 0.29) is 25.0 Å². The van der Waals surface area contributed by atoms with Crippen LogP contribution < -0.4 is 0 Å². The van der Waals surface area contributed by atoms with Gasteiger partial charge in [-0.1, -0.05) is 35.5 Å². The van der Waals surface area contributed by atoms with Gasteiger partial charge in [0.1, 0.15) is 0 Å². The van der Waals surface area contributed by atoms with Gasteiger partial charge in [0.2, 0.25) is 5.91 Å². The molecule has 1 aliphatic rings. The lowest BCUT2D eigenvalue weighted by atomic mass is 10.1. The summed E-state index contributed by atoms with van der Waals surface area (Å²) in [5.41, 5.74) is 1.63. The summed E-state index contributed by atoms with van der Waals surface area (Å²) in [5.74, 6) is 0.782. The maximum absolute atomic E-state index is 12.5. The third-order valence-corrected chi connectivity index (χ3v) is 4.34. The predicted molar refractivity (Wildman–Crippen MR) is 86.7 cm³/mol. The van der Waals surface area contributed by atoms with Gasteiger partial charge >= 0.3 is 0 Å². The molecule has 0 bridgehead atoms. The SMILES string of the molecule is O=C(Cc1cc(-c2ccccc2)on1)N1CCCC1CCCO. The zero-order chi connectivity index (χ0) is 16.1. The number of nitrogens with zero attached hydrogens (tertiary/aromatic N) is 2. The minimum Gasteiger partial charge on any atom is -0.396 e. The van der Waals surface area contributed by atoms with E-state index in [1.54, 1.807) is 0 Å². The van der Waals surface area contributed by atoms with E-state index in [9.17, 15) is 4.79 Å². The summed E-state index contributed by atoms with van der Waals surface area (Å²) in [6, 6.07) is 11.8. The van der Waals surface area contributed by atoms with E-state index in [1.165, 1.54) is 0 Å². The minimum absolute atomic E-state index is 0.0957. The van der Waals surface area contributed by atoms with Crippen LogP contribution >= 0.6 is 0 Å². The molecule has 0 saturated carbocycles. The second-order valence-electron chi connectivity index (χ2n) is 5.97. The molecule has 1 unspecified atom stereocenters. The standard InChI is InChI=1S/C18H22N2O3/c21-11-5-9-16-8-4-10-20(16)18(22)13-15-12-17(23-19-15)14-6-2-1-3-7-14/h1-3,6-7,12,16,21H,4-5,8-11,13H2. The van der Waals surface area contributed by atoms with Crippen LogP contribution in [0.4, 0.5) is 0 Å². The van der Waals surface area contributed by atoms with Crippen molar-refractivity contribution >= 4 is 5.91 Å². The van der Waals surface area contributed by atoms with E-state index in [4.69, 9.17) is 9.63 Å². The van der Waals surface area contributed by atoms with Crippen LogP contribution in [-0.2, 0) is 11.2 Å². The maximum Gasteiger partial charge on any atom is 0.228 e. The van der Waals surface area contributed by atoms with Crippen molar-refractivity contribution in [3.05, 3.63) is 42.1 Å². The average molecular weight is 314 g/mol. The van der Waals surface area contributed by atoms with Gasteiger partial charge in [0.15, 0.2) is 5.76 Å². The summed E-state index contributed by atoms with van der Waals surface area (Å²) in [4.78, 5) is 14.5. The number of benzene rings is 1. The molecule has 1 amide bonds. The quantitative estimate of drug-likeness (QED) is 0.890. The average Bonchev–Trinajstić information content (AvgIpc) is 3.23. The second-order valence-corrected chi connectivity index (χ2v) is 5.97. The van der Waals surface area contributed by atoms with Crippen LogP contribution in [0, 0.1) is 0 Å². The number of rotatable bonds is 6. The molecular formula is C18H22N2O3. The van der Waals surface area contributed by atoms with Gasteiger partial charge < -0.3 is 14.5 Å². The van der Waals surface area contributed by atoms with E-state index in [2.05, 4.69) is 5.16 Å². The van der Waals surface area contributed by atoms with Gasteiger partial charge in [0.25, 0.3) is 0 Å². The summed E-state index contributed by atoms with van der Waals surface area (Å²) >= 11 is 0. The van der Waals surface area contributed by atoms with Gasteiger partial charge in [-0.15, -0.1) is 0 Å². The molecule has 1 saturated heterocycles. The van der Waals surface area contributed by atoms with Crippen LogP contribution in [0.25, 0.3) is 11.3 Å². The van der Waals surface area contributed by atoms with E-state index >= 15 is 0 Å². The third-order valence-electron chi connectivity index (χ3n) is 4.34. The fourth-order valence-electron chi connectivity index (χ4n) is 3.18. The number of aliphatic hydroxyl groups excluding tert-OH is 1. The van der Waals surface area contributed by atoms with Gasteiger partial charge in [0.05, 0.1) is 12.1 Å². The Morgan fingerprint density at radius 3 is 2.96 bits per heavy atom. The highest BCUT2D eigenvalue weighted by Crippen LogP contribution is 2.24. The fraction of sp³-hybridized carbons (Fsp3) is 0.444. The zero-order valence-electron chi connectivity index (χ0n) is 13.1. The largest absolute Gasteiger partial charge is 0.396 e. The third kappa shape index (κ3) is 3.79. The van der Waals surface area contributed by atoms with E-state index in [1.807, 2.05) is 41.3 Å². The van der Waals surface area contributed by atoms with Gasteiger partial charge in [0, 0.05) is 30.8 Å². The first-order chi connectivity index (χ1) is 11.3. The number of amides is 1. The second kappa shape index (κ2) is 7.42. The summed E-state index contributed by atoms with van der Waals surface area (Å²) in [6.45, 7) is 0.987. The Balaban J connectivity index is 1.63. The normalized spacial score (nSPS) is 17.6. The minimum atomic E-state index is 0.0957. The monoisotopic (exact) mass is 314 g/mol. The Morgan fingerprint density at radius 2 is 2.17 bits per heavy atom. The molecule has 1 aromatic heterocycles. The molecule has 1 fully saturated rings. The molecule has 23 heavy (non-hydrogen) atoms. The highest BCUT2D eigenvalue weighted by Gasteiger charge is 2.28. The van der Waals surface area contributed by atoms with Crippen LogP contribution in [0.2, 0.25) is 0 Å². The molecule has 2 heterocycles. The highest BCUT2D eigenvalue weighted by atomic mass is 16.5. The molecule has 5 nitrogen and oxygen atoms in total. The molecule has 1 aromatic carbocycles. The molecular weight excluding hydrogens is 292 g/mol. The summed E-state index contributed by atoms with van der Waals surface area (Å²) in [7, 11) is 0. The molecule has 1 atom stereocenters. The lowest BCUT2D eigenvalue weighted by Gasteiger charge is -2.24. The number of hydrogen-bond acceptors (Lipinski definition) is 4. The molecule has 0 radical (unpaired) electrons. The van der Waals surface area contributed by atoms with Crippen LogP contribution in [-0.4, -0.2) is 40.3 Å². The Labute approximate surface area is 135 Å². The van der Waals surface area contributed by atoms with Gasteiger partial charge in [-0.25, -0.2) is 0 Å². The van der Waals surface area contributed by atoms with E-state index in [0.717, 1.165) is 37.8 Å². The predicted octanol–water partition coefficient (Wildman–Crippen LogP) is 2.65. The number of aromatic nitrogens is 1. The molecule has 0 aliphatic carbocycles. The molecule has 122 valence electrons. The van der Waals surface area contributed by atoms with E-state index in [0.29, 0.717) is 11.5 Å². The first kappa shape index (κ1) is 15.7. The van der Waals surface area contributed by atoms with Crippen LogP contribution in [0.15, 0.2) is 40.9 Å². The summed E-state index contributed by atoms with van der Waals surface area (Å²) in [6.07, 6.45) is 3.95. The number of likely N-dealkylation sites (tertiary alicyclic amines) is 1. The first-order valence-corrected chi connectivity index (χ1v) is 8.19. The Bertz CT molecular complexity index is 639. The lowest BCUT2D eigenvalue weighted by molar-refractivity contribution is -0.131. The number of carbonyl (C=O) groups excluding carboxylic acids is 1. The summed E-state index contributed by atoms with van der Waals surface area (Å²) < 4.78 is 5.35. The molecule has 5 heteroatoms. The van der Waals surface area contributed by atoms with Crippen molar-refractivity contribution in [1.29, 1.82) is 0 Å². The Morgan fingerprint density at radius 1 is 1.35 bits per heavy atom. The van der Waals surface area contributed by atoms with Crippen molar-refractivity contribution in [2.24, 2.45) is 0 Å². The fourth-order valence-corrected chi connectivity index (χ4v) is 3.18. The zero-order valence-corrected chi connectivity index (χ0v) is 13.1. The summed E-state index contributed by atoms with van der Waals surface area (Å²) in [5, 5.41) is 13.0. The molecule has 3 rings (SSSR count). The number of aliphatic hydroxyl groups is 1. The van der Waals surface area contributed by atoms with Gasteiger partial charge in [-0.05, 0) is 25.7 Å². The number of carbonyl (C=O) groups is 1. The van der Waals surface area contributed by atoms with Crippen LogP contribution in [0.3, 0.4) is 0 Å². The molecule has 0 spiro atoms. The van der Waals surface area contributed by atoms with Gasteiger partial charge in [-0.3, -0.25) is 4.79 Å². The van der Waals surface area contributed by atoms with Crippen molar-refractivity contribution in [3.63, 3.8) is 0 Å². The van der Waals surface area contributed by atoms with Crippen LogP contribution in [0.5, 0.6) is 0 Å². The van der Waals surface area contributed by atoms with Crippen molar-refractivity contribution < 1.29 is 14.4 Å². The van der Waals surface area contributed by atoms with Gasteiger partial charge in [-0.2, -0.15) is 0 Å². The smallest absolute Gasteiger partial charge is 0.228 e. The van der Waals surface area contributed by atoms with Crippen LogP contribution in [0.1, 0.15) is 31.4 Å². The lowest BCUT2D eigenvalue weighted by Crippen LogP contribution is -2.36. The first-order valence-electron chi connectivity index (χ1n) is 8.19. The highest BCUT2D eigenvalue weighted by molar-refractivity contribution is 5.79.